The zero-order chi connectivity index (χ0) is 14.4. The van der Waals surface area contributed by atoms with Crippen molar-refractivity contribution in [2.24, 2.45) is 0 Å². The highest BCUT2D eigenvalue weighted by Crippen LogP contribution is 2.06. The van der Waals surface area contributed by atoms with E-state index in [2.05, 4.69) is 15.0 Å². The summed E-state index contributed by atoms with van der Waals surface area (Å²) in [4.78, 5) is 27.3. The van der Waals surface area contributed by atoms with Gasteiger partial charge in [0.25, 0.3) is 5.91 Å². The van der Waals surface area contributed by atoms with Crippen molar-refractivity contribution in [3.8, 4) is 0 Å². The van der Waals surface area contributed by atoms with Gasteiger partial charge in [-0.2, -0.15) is 0 Å². The van der Waals surface area contributed by atoms with E-state index in [1.165, 1.54) is 7.11 Å². The summed E-state index contributed by atoms with van der Waals surface area (Å²) in [6.45, 7) is 0.360. The van der Waals surface area contributed by atoms with E-state index in [4.69, 9.17) is 0 Å². The van der Waals surface area contributed by atoms with Crippen molar-refractivity contribution in [1.82, 2.24) is 10.3 Å². The lowest BCUT2D eigenvalue weighted by molar-refractivity contribution is 0.0600. The van der Waals surface area contributed by atoms with Gasteiger partial charge in [0.2, 0.25) is 0 Å². The number of carbonyl (C=O) groups excluding carboxylic acids is 2. The second-order valence-corrected chi connectivity index (χ2v) is 4.07. The van der Waals surface area contributed by atoms with Gasteiger partial charge in [-0.15, -0.1) is 0 Å². The average Bonchev–Trinajstić information content (AvgIpc) is 2.53. The first-order valence-corrected chi connectivity index (χ1v) is 6.07. The summed E-state index contributed by atoms with van der Waals surface area (Å²) in [6, 6.07) is 11.8. The topological polar surface area (TPSA) is 68.3 Å². The first kappa shape index (κ1) is 13.7. The number of hydrogen-bond donors (Lipinski definition) is 1. The lowest BCUT2D eigenvalue weighted by Crippen LogP contribution is -2.23. The molecule has 1 heterocycles. The quantitative estimate of drug-likeness (QED) is 0.860. The molecule has 0 bridgehead atoms. The number of pyridine rings is 1. The summed E-state index contributed by atoms with van der Waals surface area (Å²) in [5.41, 5.74) is 1.68. The molecule has 1 N–H and O–H groups in total. The van der Waals surface area contributed by atoms with Gasteiger partial charge in [0.15, 0.2) is 0 Å². The Morgan fingerprint density at radius 1 is 1.10 bits per heavy atom. The molecule has 1 aromatic heterocycles. The molecule has 0 unspecified atom stereocenters. The van der Waals surface area contributed by atoms with E-state index in [0.717, 1.165) is 5.69 Å². The Bertz CT molecular complexity index is 594. The number of aromatic nitrogens is 1. The summed E-state index contributed by atoms with van der Waals surface area (Å²) in [7, 11) is 1.32. The van der Waals surface area contributed by atoms with Crippen molar-refractivity contribution in [1.29, 1.82) is 0 Å². The highest BCUT2D eigenvalue weighted by Gasteiger charge is 2.08. The minimum Gasteiger partial charge on any atom is -0.465 e. The van der Waals surface area contributed by atoms with E-state index in [1.54, 1.807) is 30.5 Å². The number of ether oxygens (including phenoxy) is 1. The maximum atomic E-state index is 11.9. The third-order valence-electron chi connectivity index (χ3n) is 2.72. The lowest BCUT2D eigenvalue weighted by Gasteiger charge is -2.05. The van der Waals surface area contributed by atoms with E-state index in [-0.39, 0.29) is 5.91 Å². The molecule has 0 radical (unpaired) electrons. The number of nitrogens with zero attached hydrogens (tertiary/aromatic N) is 1. The van der Waals surface area contributed by atoms with E-state index in [9.17, 15) is 9.59 Å². The smallest absolute Gasteiger partial charge is 0.337 e. The van der Waals surface area contributed by atoms with Crippen LogP contribution in [0.2, 0.25) is 0 Å². The number of esters is 1. The van der Waals surface area contributed by atoms with Crippen molar-refractivity contribution < 1.29 is 14.3 Å². The monoisotopic (exact) mass is 270 g/mol. The van der Waals surface area contributed by atoms with Gasteiger partial charge in [0.1, 0.15) is 0 Å². The number of hydrogen-bond acceptors (Lipinski definition) is 4. The summed E-state index contributed by atoms with van der Waals surface area (Å²) in [6.07, 6.45) is 1.67. The molecule has 1 amide bonds. The molecule has 2 aromatic rings. The summed E-state index contributed by atoms with van der Waals surface area (Å²) < 4.78 is 4.59. The number of carbonyl (C=O) groups is 2. The molecule has 0 spiro atoms. The standard InChI is InChI=1S/C15H14N2O3/c1-20-15(19)12-7-5-11(6-8-12)14(18)17-10-13-4-2-3-9-16-13/h2-9H,10H2,1H3,(H,17,18). The maximum absolute atomic E-state index is 11.9. The van der Waals surface area contributed by atoms with Crippen molar-refractivity contribution in [3.63, 3.8) is 0 Å². The van der Waals surface area contributed by atoms with Crippen LogP contribution in [0.4, 0.5) is 0 Å². The Morgan fingerprint density at radius 3 is 2.40 bits per heavy atom. The predicted molar refractivity (Wildman–Crippen MR) is 73.2 cm³/mol. The van der Waals surface area contributed by atoms with E-state index >= 15 is 0 Å². The van der Waals surface area contributed by atoms with E-state index < -0.39 is 5.97 Å². The highest BCUT2D eigenvalue weighted by molar-refractivity contribution is 5.96. The van der Waals surface area contributed by atoms with Gasteiger partial charge < -0.3 is 10.1 Å². The van der Waals surface area contributed by atoms with Crippen LogP contribution in [-0.4, -0.2) is 24.0 Å². The first-order valence-electron chi connectivity index (χ1n) is 6.07. The molecule has 2 rings (SSSR count). The number of rotatable bonds is 4. The molecule has 0 aliphatic carbocycles. The molecular formula is C15H14N2O3. The zero-order valence-electron chi connectivity index (χ0n) is 11.0. The SMILES string of the molecule is COC(=O)c1ccc(C(=O)NCc2ccccn2)cc1. The molecular weight excluding hydrogens is 256 g/mol. The molecule has 1 aromatic carbocycles. The van der Waals surface area contributed by atoms with Gasteiger partial charge in [0.05, 0.1) is 24.9 Å². The van der Waals surface area contributed by atoms with E-state index in [1.807, 2.05) is 18.2 Å². The van der Waals surface area contributed by atoms with Gasteiger partial charge in [-0.05, 0) is 36.4 Å². The Hall–Kier alpha value is -2.69. The van der Waals surface area contributed by atoms with Crippen molar-refractivity contribution >= 4 is 11.9 Å². The molecule has 102 valence electrons. The average molecular weight is 270 g/mol. The molecule has 0 aliphatic heterocycles. The summed E-state index contributed by atoms with van der Waals surface area (Å²) in [5, 5.41) is 2.76. The lowest BCUT2D eigenvalue weighted by atomic mass is 10.1. The van der Waals surface area contributed by atoms with Gasteiger partial charge >= 0.3 is 5.97 Å². The number of methoxy groups -OCH3 is 1. The molecule has 5 nitrogen and oxygen atoms in total. The van der Waals surface area contributed by atoms with Crippen LogP contribution < -0.4 is 5.32 Å². The van der Waals surface area contributed by atoms with Crippen LogP contribution in [0.25, 0.3) is 0 Å². The second-order valence-electron chi connectivity index (χ2n) is 4.07. The fourth-order valence-corrected chi connectivity index (χ4v) is 1.65. The van der Waals surface area contributed by atoms with Crippen LogP contribution in [0.5, 0.6) is 0 Å². The predicted octanol–water partition coefficient (Wildman–Crippen LogP) is 1.80. The Kier molecular flexibility index (Phi) is 4.44. The number of amides is 1. The van der Waals surface area contributed by atoms with Crippen LogP contribution in [0.15, 0.2) is 48.7 Å². The summed E-state index contributed by atoms with van der Waals surface area (Å²) in [5.74, 6) is -0.641. The maximum Gasteiger partial charge on any atom is 0.337 e. The minimum absolute atomic E-state index is 0.216. The van der Waals surface area contributed by atoms with Gasteiger partial charge in [-0.1, -0.05) is 6.07 Å². The fraction of sp³-hybridized carbons (Fsp3) is 0.133. The Morgan fingerprint density at radius 2 is 1.80 bits per heavy atom. The molecule has 5 heteroatoms. The molecule has 0 saturated heterocycles. The van der Waals surface area contributed by atoms with Crippen LogP contribution in [0.3, 0.4) is 0 Å². The Balaban J connectivity index is 1.97. The minimum atomic E-state index is -0.426. The van der Waals surface area contributed by atoms with Crippen LogP contribution in [0, 0.1) is 0 Å². The summed E-state index contributed by atoms with van der Waals surface area (Å²) >= 11 is 0. The van der Waals surface area contributed by atoms with Crippen LogP contribution in [0.1, 0.15) is 26.4 Å². The third kappa shape index (κ3) is 3.41. The van der Waals surface area contributed by atoms with Crippen LogP contribution in [-0.2, 0) is 11.3 Å². The first-order chi connectivity index (χ1) is 9.70. The molecule has 0 atom stereocenters. The molecule has 20 heavy (non-hydrogen) atoms. The number of benzene rings is 1. The van der Waals surface area contributed by atoms with Gasteiger partial charge in [-0.3, -0.25) is 9.78 Å². The highest BCUT2D eigenvalue weighted by atomic mass is 16.5. The largest absolute Gasteiger partial charge is 0.465 e. The van der Waals surface area contributed by atoms with Crippen LogP contribution >= 0.6 is 0 Å². The van der Waals surface area contributed by atoms with Gasteiger partial charge in [0, 0.05) is 11.8 Å². The fourth-order valence-electron chi connectivity index (χ4n) is 1.65. The van der Waals surface area contributed by atoms with Gasteiger partial charge in [-0.25, -0.2) is 4.79 Å². The Labute approximate surface area is 116 Å². The van der Waals surface area contributed by atoms with Crippen molar-refractivity contribution in [2.45, 2.75) is 6.54 Å². The normalized spacial score (nSPS) is 9.85. The second kappa shape index (κ2) is 6.47. The number of nitrogens with one attached hydrogen (secondary N) is 1. The zero-order valence-corrected chi connectivity index (χ0v) is 11.0. The molecule has 0 aliphatic rings. The van der Waals surface area contributed by atoms with Crippen molar-refractivity contribution in [3.05, 3.63) is 65.5 Å². The molecule has 0 fully saturated rings. The van der Waals surface area contributed by atoms with Crippen molar-refractivity contribution in [2.75, 3.05) is 7.11 Å². The molecule has 0 saturated carbocycles. The van der Waals surface area contributed by atoms with E-state index in [0.29, 0.717) is 17.7 Å². The third-order valence-corrected chi connectivity index (χ3v) is 2.72.